The molecule has 46 heavy (non-hydrogen) atoms. The Bertz CT molecular complexity index is 1210. The summed E-state index contributed by atoms with van der Waals surface area (Å²) in [5.41, 5.74) is 3.40. The molecule has 0 radical (unpaired) electrons. The third-order valence-electron chi connectivity index (χ3n) is 9.75. The minimum atomic E-state index is -0.331. The van der Waals surface area contributed by atoms with Crippen molar-refractivity contribution < 1.29 is 29.0 Å². The van der Waals surface area contributed by atoms with Crippen LogP contribution in [0.15, 0.2) is 48.5 Å². The van der Waals surface area contributed by atoms with Gasteiger partial charge in [0.05, 0.1) is 24.9 Å². The molecule has 2 aromatic carbocycles. The number of hydrogen-bond donors (Lipinski definition) is 1. The highest BCUT2D eigenvalue weighted by molar-refractivity contribution is 5.90. The maximum atomic E-state index is 13.2. The first-order valence-corrected chi connectivity index (χ1v) is 17.3. The van der Waals surface area contributed by atoms with E-state index in [1.807, 2.05) is 31.2 Å². The second kappa shape index (κ2) is 16.2. The van der Waals surface area contributed by atoms with E-state index in [4.69, 9.17) is 19.0 Å². The molecule has 2 aromatic rings. The first-order valence-electron chi connectivity index (χ1n) is 17.3. The van der Waals surface area contributed by atoms with E-state index >= 15 is 0 Å². The second-order valence-electron chi connectivity index (χ2n) is 14.8. The van der Waals surface area contributed by atoms with Crippen LogP contribution in [0, 0.1) is 17.8 Å². The molecule has 0 saturated carbocycles. The topological polar surface area (TPSA) is 80.7 Å². The fourth-order valence-electron chi connectivity index (χ4n) is 7.01. The van der Waals surface area contributed by atoms with E-state index in [2.05, 4.69) is 84.7 Å². The molecule has 2 aliphatic heterocycles. The molecule has 2 aliphatic rings. The summed E-state index contributed by atoms with van der Waals surface area (Å²) in [4.78, 5) is 19.2. The maximum absolute atomic E-state index is 13.2. The molecule has 0 bridgehead atoms. The Morgan fingerprint density at radius 3 is 1.87 bits per heavy atom. The fraction of sp³-hybridized carbons (Fsp3) is 0.658. The van der Waals surface area contributed by atoms with E-state index < -0.39 is 0 Å². The number of ether oxygens (including phenoxy) is 3. The lowest BCUT2D eigenvalue weighted by Gasteiger charge is -2.48. The van der Waals surface area contributed by atoms with Crippen LogP contribution in [0.1, 0.15) is 104 Å². The molecule has 4 rings (SSSR count). The van der Waals surface area contributed by atoms with Gasteiger partial charge in [-0.15, -0.1) is 0 Å². The van der Waals surface area contributed by atoms with E-state index in [0.717, 1.165) is 42.4 Å². The molecule has 256 valence electrons. The van der Waals surface area contributed by atoms with Gasteiger partial charge in [-0.1, -0.05) is 77.9 Å². The van der Waals surface area contributed by atoms with E-state index in [0.29, 0.717) is 36.5 Å². The van der Waals surface area contributed by atoms with Crippen molar-refractivity contribution in [2.24, 2.45) is 17.8 Å². The Kier molecular flexibility index (Phi) is 12.8. The number of hydroxylamine groups is 4. The molecule has 1 N–H and O–H groups in total. The van der Waals surface area contributed by atoms with Gasteiger partial charge in [0.15, 0.2) is 0 Å². The van der Waals surface area contributed by atoms with Crippen LogP contribution in [0.5, 0.6) is 0 Å². The van der Waals surface area contributed by atoms with E-state index in [-0.39, 0.29) is 48.6 Å². The van der Waals surface area contributed by atoms with Crippen molar-refractivity contribution in [2.75, 3.05) is 13.4 Å². The van der Waals surface area contributed by atoms with Gasteiger partial charge >= 0.3 is 5.97 Å². The molecule has 0 aromatic heterocycles. The molecule has 8 heteroatoms. The lowest BCUT2D eigenvalue weighted by atomic mass is 9.82. The van der Waals surface area contributed by atoms with Crippen molar-refractivity contribution in [1.82, 2.24) is 10.1 Å². The van der Waals surface area contributed by atoms with Crippen LogP contribution < -0.4 is 0 Å². The van der Waals surface area contributed by atoms with Gasteiger partial charge in [-0.25, -0.2) is 4.79 Å². The minimum absolute atomic E-state index is 0.0516. The molecule has 0 amide bonds. The van der Waals surface area contributed by atoms with Gasteiger partial charge in [0.2, 0.25) is 0 Å². The van der Waals surface area contributed by atoms with Gasteiger partial charge < -0.3 is 19.4 Å². The Morgan fingerprint density at radius 1 is 0.826 bits per heavy atom. The monoisotopic (exact) mass is 638 g/mol. The highest BCUT2D eigenvalue weighted by Gasteiger charge is 2.42. The fourth-order valence-corrected chi connectivity index (χ4v) is 7.01. The third-order valence-corrected chi connectivity index (χ3v) is 9.75. The zero-order valence-corrected chi connectivity index (χ0v) is 29.6. The molecular weight excluding hydrogens is 580 g/mol. The van der Waals surface area contributed by atoms with Crippen molar-refractivity contribution in [1.29, 1.82) is 0 Å². The second-order valence-corrected chi connectivity index (χ2v) is 14.8. The van der Waals surface area contributed by atoms with Gasteiger partial charge in [-0.2, -0.15) is 10.1 Å². The number of hydrogen-bond acceptors (Lipinski definition) is 8. The number of carbonyl (C=O) groups is 1. The van der Waals surface area contributed by atoms with Gasteiger partial charge in [0.25, 0.3) is 0 Å². The number of piperidine rings is 2. The molecule has 0 aliphatic carbocycles. The number of nitrogens with zero attached hydrogens (tertiary/aromatic N) is 2. The Morgan fingerprint density at radius 2 is 1.35 bits per heavy atom. The quantitative estimate of drug-likeness (QED) is 0.134. The van der Waals surface area contributed by atoms with Gasteiger partial charge in [-0.3, -0.25) is 4.84 Å². The van der Waals surface area contributed by atoms with E-state index in [1.54, 1.807) is 0 Å². The van der Waals surface area contributed by atoms with Crippen LogP contribution in [0.3, 0.4) is 0 Å². The number of rotatable bonds is 13. The minimum Gasteiger partial charge on any atom is -0.459 e. The molecule has 4 atom stereocenters. The van der Waals surface area contributed by atoms with Crippen molar-refractivity contribution in [2.45, 2.75) is 130 Å². The van der Waals surface area contributed by atoms with Crippen LogP contribution in [0.25, 0.3) is 11.1 Å². The Labute approximate surface area is 277 Å². The van der Waals surface area contributed by atoms with E-state index in [1.165, 1.54) is 5.06 Å². The SMILES string of the molecule is CCON1C(C(C)C)CC(OC(=O)c2ccc(-c3ccc(COCOC4CC(C(C)C)N(O)C(C)(C)C4)cc3)cc2)CC1C(C)C. The highest BCUT2D eigenvalue weighted by atomic mass is 16.7. The lowest BCUT2D eigenvalue weighted by molar-refractivity contribution is -0.250. The Hall–Kier alpha value is -2.33. The molecule has 8 nitrogen and oxygen atoms in total. The summed E-state index contributed by atoms with van der Waals surface area (Å²) < 4.78 is 18.0. The normalized spacial score (nSPS) is 25.8. The summed E-state index contributed by atoms with van der Waals surface area (Å²) in [7, 11) is 0. The highest BCUT2D eigenvalue weighted by Crippen LogP contribution is 2.35. The molecule has 2 heterocycles. The first kappa shape index (κ1) is 36.5. The number of benzene rings is 2. The average Bonchev–Trinajstić information content (AvgIpc) is 3.01. The van der Waals surface area contributed by atoms with Crippen molar-refractivity contribution in [3.8, 4) is 11.1 Å². The largest absolute Gasteiger partial charge is 0.459 e. The molecular formula is C38H58N2O6. The summed E-state index contributed by atoms with van der Waals surface area (Å²) in [5, 5.41) is 14.3. The first-order chi connectivity index (χ1) is 21.8. The summed E-state index contributed by atoms with van der Waals surface area (Å²) >= 11 is 0. The predicted octanol–water partition coefficient (Wildman–Crippen LogP) is 8.12. The number of esters is 1. The zero-order valence-electron chi connectivity index (χ0n) is 29.6. The van der Waals surface area contributed by atoms with Crippen LogP contribution >= 0.6 is 0 Å². The van der Waals surface area contributed by atoms with Gasteiger partial charge in [0, 0.05) is 36.5 Å². The van der Waals surface area contributed by atoms with Crippen molar-refractivity contribution in [3.63, 3.8) is 0 Å². The lowest BCUT2D eigenvalue weighted by Crippen LogP contribution is -2.57. The predicted molar refractivity (Wildman–Crippen MR) is 181 cm³/mol. The molecule has 2 saturated heterocycles. The summed E-state index contributed by atoms with van der Waals surface area (Å²) in [6.45, 7) is 20.5. The number of carbonyl (C=O) groups excluding carboxylic acids is 1. The summed E-state index contributed by atoms with van der Waals surface area (Å²) in [6.07, 6.45) is 3.00. The molecule has 2 fully saturated rings. The van der Waals surface area contributed by atoms with Crippen LogP contribution in [-0.2, 0) is 25.7 Å². The molecule has 4 unspecified atom stereocenters. The van der Waals surface area contributed by atoms with Gasteiger partial charge in [-0.05, 0) is 80.2 Å². The summed E-state index contributed by atoms with van der Waals surface area (Å²) in [5.74, 6) is 0.846. The average molecular weight is 639 g/mol. The summed E-state index contributed by atoms with van der Waals surface area (Å²) in [6, 6.07) is 16.4. The van der Waals surface area contributed by atoms with Crippen LogP contribution in [-0.4, -0.2) is 70.6 Å². The van der Waals surface area contributed by atoms with Gasteiger partial charge in [0.1, 0.15) is 12.9 Å². The molecule has 0 spiro atoms. The van der Waals surface area contributed by atoms with Crippen LogP contribution in [0.4, 0.5) is 0 Å². The van der Waals surface area contributed by atoms with E-state index in [9.17, 15) is 10.0 Å². The Balaban J connectivity index is 1.27. The van der Waals surface area contributed by atoms with Crippen molar-refractivity contribution >= 4 is 5.97 Å². The standard InChI is InChI=1S/C38H58N2O6/c1-10-45-39-34(25(2)3)19-32(20-35(39)26(4)5)46-37(41)31-17-15-30(16-18-31)29-13-11-28(12-14-29)23-43-24-44-33-21-36(27(6)7)40(42)38(8,9)22-33/h11-18,25-27,32-36,42H,10,19-24H2,1-9H3. The maximum Gasteiger partial charge on any atom is 0.338 e. The van der Waals surface area contributed by atoms with Crippen molar-refractivity contribution in [3.05, 3.63) is 59.7 Å². The zero-order chi connectivity index (χ0) is 33.6. The smallest absolute Gasteiger partial charge is 0.338 e. The third kappa shape index (κ3) is 9.18. The van der Waals surface area contributed by atoms with Crippen LogP contribution in [0.2, 0.25) is 0 Å².